The molecule has 0 aliphatic rings. The van der Waals surface area contributed by atoms with Crippen LogP contribution in [0, 0.1) is 0 Å². The summed E-state index contributed by atoms with van der Waals surface area (Å²) in [6.45, 7) is 0. The van der Waals surface area contributed by atoms with Crippen molar-refractivity contribution in [2.45, 2.75) is 0 Å². The minimum atomic E-state index is 0.715. The minimum absolute atomic E-state index is 0.715. The summed E-state index contributed by atoms with van der Waals surface area (Å²) in [5, 5.41) is 0. The third kappa shape index (κ3) is 1.27. The normalized spacial score (nSPS) is 10.5. The lowest BCUT2D eigenvalue weighted by Gasteiger charge is -1.93. The second kappa shape index (κ2) is 2.95. The Hall–Kier alpha value is -0.750. The quantitative estimate of drug-likeness (QED) is 0.768. The van der Waals surface area contributed by atoms with Gasteiger partial charge in [0.2, 0.25) is 0 Å². The van der Waals surface area contributed by atoms with Crippen molar-refractivity contribution in [1.29, 1.82) is 0 Å². The molecule has 0 aliphatic carbocycles. The zero-order chi connectivity index (χ0) is 8.55. The Morgan fingerprint density at radius 3 is 2.92 bits per heavy atom. The number of rotatable bonds is 1. The molecule has 0 aliphatic heterocycles. The number of hydrogen-bond acceptors (Lipinski definition) is 4. The van der Waals surface area contributed by atoms with Crippen molar-refractivity contribution in [2.75, 3.05) is 0 Å². The molecule has 2 heterocycles. The zero-order valence-electron chi connectivity index (χ0n) is 6.23. The number of imidazole rings is 1. The lowest BCUT2D eigenvalue weighted by Crippen LogP contribution is -1.90. The SMILES string of the molecule is Cn1cncc1-c1nsc(Br)n1. The van der Waals surface area contributed by atoms with E-state index in [9.17, 15) is 0 Å². The smallest absolute Gasteiger partial charge is 0.192 e. The molecule has 0 spiro atoms. The van der Waals surface area contributed by atoms with Crippen LogP contribution < -0.4 is 0 Å². The van der Waals surface area contributed by atoms with Gasteiger partial charge in [0.05, 0.1) is 12.5 Å². The van der Waals surface area contributed by atoms with E-state index in [2.05, 4.69) is 30.3 Å². The summed E-state index contributed by atoms with van der Waals surface area (Å²) in [6.07, 6.45) is 3.47. The lowest BCUT2D eigenvalue weighted by molar-refractivity contribution is 0.913. The number of aryl methyl sites for hydroxylation is 1. The highest BCUT2D eigenvalue weighted by molar-refractivity contribution is 9.11. The van der Waals surface area contributed by atoms with E-state index < -0.39 is 0 Å². The highest BCUT2D eigenvalue weighted by Crippen LogP contribution is 2.19. The van der Waals surface area contributed by atoms with E-state index in [0.29, 0.717) is 5.82 Å². The summed E-state index contributed by atoms with van der Waals surface area (Å²) in [7, 11) is 1.91. The van der Waals surface area contributed by atoms with Crippen LogP contribution in [-0.4, -0.2) is 18.9 Å². The fraction of sp³-hybridized carbons (Fsp3) is 0.167. The average molecular weight is 245 g/mol. The number of halogens is 1. The fourth-order valence-corrected chi connectivity index (χ4v) is 1.69. The van der Waals surface area contributed by atoms with E-state index in [1.807, 2.05) is 11.6 Å². The van der Waals surface area contributed by atoms with Gasteiger partial charge in [-0.2, -0.15) is 4.37 Å². The van der Waals surface area contributed by atoms with E-state index in [4.69, 9.17) is 0 Å². The summed E-state index contributed by atoms with van der Waals surface area (Å²) in [5.41, 5.74) is 0.928. The standard InChI is InChI=1S/C6H5BrN4S/c1-11-3-8-2-4(11)5-9-6(7)12-10-5/h2-3H,1H3. The predicted molar refractivity (Wildman–Crippen MR) is 49.8 cm³/mol. The Morgan fingerprint density at radius 2 is 2.42 bits per heavy atom. The number of hydrogen-bond donors (Lipinski definition) is 0. The van der Waals surface area contributed by atoms with Crippen LogP contribution in [0.25, 0.3) is 11.5 Å². The summed E-state index contributed by atoms with van der Waals surface area (Å²) in [6, 6.07) is 0. The van der Waals surface area contributed by atoms with Gasteiger partial charge in [-0.3, -0.25) is 0 Å². The molecule has 0 N–H and O–H groups in total. The van der Waals surface area contributed by atoms with Gasteiger partial charge in [-0.05, 0) is 27.5 Å². The molecule has 2 rings (SSSR count). The Kier molecular flexibility index (Phi) is 1.93. The maximum Gasteiger partial charge on any atom is 0.192 e. The molecule has 4 nitrogen and oxygen atoms in total. The molecule has 0 radical (unpaired) electrons. The maximum absolute atomic E-state index is 4.18. The molecule has 6 heteroatoms. The summed E-state index contributed by atoms with van der Waals surface area (Å²) in [4.78, 5) is 8.16. The van der Waals surface area contributed by atoms with Gasteiger partial charge in [0, 0.05) is 7.05 Å². The van der Waals surface area contributed by atoms with E-state index in [0.717, 1.165) is 9.61 Å². The van der Waals surface area contributed by atoms with Crippen molar-refractivity contribution < 1.29 is 0 Å². The first-order valence-corrected chi connectivity index (χ1v) is 4.80. The molecule has 0 aromatic carbocycles. The minimum Gasteiger partial charge on any atom is -0.331 e. The largest absolute Gasteiger partial charge is 0.331 e. The van der Waals surface area contributed by atoms with Gasteiger partial charge in [0.25, 0.3) is 0 Å². The predicted octanol–water partition coefficient (Wildman–Crippen LogP) is 1.70. The van der Waals surface area contributed by atoms with Gasteiger partial charge in [0.15, 0.2) is 9.74 Å². The van der Waals surface area contributed by atoms with Gasteiger partial charge in [-0.1, -0.05) is 0 Å². The molecule has 0 saturated heterocycles. The zero-order valence-corrected chi connectivity index (χ0v) is 8.63. The first-order valence-electron chi connectivity index (χ1n) is 3.23. The Bertz CT molecular complexity index is 394. The van der Waals surface area contributed by atoms with Crippen molar-refractivity contribution in [3.05, 3.63) is 16.4 Å². The maximum atomic E-state index is 4.18. The molecule has 62 valence electrons. The van der Waals surface area contributed by atoms with Gasteiger partial charge in [0.1, 0.15) is 5.69 Å². The average Bonchev–Trinajstić information content (AvgIpc) is 2.58. The van der Waals surface area contributed by atoms with Gasteiger partial charge in [-0.15, -0.1) is 0 Å². The molecule has 0 bridgehead atoms. The van der Waals surface area contributed by atoms with E-state index >= 15 is 0 Å². The highest BCUT2D eigenvalue weighted by atomic mass is 79.9. The van der Waals surface area contributed by atoms with Crippen LogP contribution in [0.15, 0.2) is 16.4 Å². The summed E-state index contributed by atoms with van der Waals surface area (Å²) in [5.74, 6) is 0.715. The van der Waals surface area contributed by atoms with Gasteiger partial charge < -0.3 is 4.57 Å². The number of nitrogens with zero attached hydrogens (tertiary/aromatic N) is 4. The van der Waals surface area contributed by atoms with Crippen LogP contribution in [0.5, 0.6) is 0 Å². The van der Waals surface area contributed by atoms with Crippen molar-refractivity contribution in [3.63, 3.8) is 0 Å². The Morgan fingerprint density at radius 1 is 1.58 bits per heavy atom. The molecule has 0 unspecified atom stereocenters. The third-order valence-electron chi connectivity index (χ3n) is 1.45. The van der Waals surface area contributed by atoms with Crippen molar-refractivity contribution in [2.24, 2.45) is 7.05 Å². The van der Waals surface area contributed by atoms with Crippen LogP contribution in [0.2, 0.25) is 0 Å². The van der Waals surface area contributed by atoms with Gasteiger partial charge in [-0.25, -0.2) is 9.97 Å². The Balaban J connectivity index is 2.50. The van der Waals surface area contributed by atoms with Crippen molar-refractivity contribution in [1.82, 2.24) is 18.9 Å². The topological polar surface area (TPSA) is 43.6 Å². The number of aromatic nitrogens is 4. The molecular formula is C6H5BrN4S. The van der Waals surface area contributed by atoms with Crippen LogP contribution in [0.4, 0.5) is 0 Å². The van der Waals surface area contributed by atoms with Crippen LogP contribution in [-0.2, 0) is 7.05 Å². The molecular weight excluding hydrogens is 240 g/mol. The highest BCUT2D eigenvalue weighted by Gasteiger charge is 2.07. The first-order chi connectivity index (χ1) is 5.77. The first kappa shape index (κ1) is 7.88. The van der Waals surface area contributed by atoms with Crippen LogP contribution in [0.3, 0.4) is 0 Å². The molecule has 2 aromatic rings. The molecule has 0 atom stereocenters. The Labute approximate surface area is 81.6 Å². The van der Waals surface area contributed by atoms with Crippen molar-refractivity contribution in [3.8, 4) is 11.5 Å². The molecule has 0 amide bonds. The molecule has 2 aromatic heterocycles. The van der Waals surface area contributed by atoms with E-state index in [1.165, 1.54) is 11.5 Å². The fourth-order valence-electron chi connectivity index (χ4n) is 0.882. The van der Waals surface area contributed by atoms with E-state index in [-0.39, 0.29) is 0 Å². The molecule has 12 heavy (non-hydrogen) atoms. The summed E-state index contributed by atoms with van der Waals surface area (Å²) >= 11 is 4.58. The van der Waals surface area contributed by atoms with Crippen LogP contribution in [0.1, 0.15) is 0 Å². The molecule has 0 fully saturated rings. The van der Waals surface area contributed by atoms with Gasteiger partial charge >= 0.3 is 0 Å². The third-order valence-corrected chi connectivity index (χ3v) is 2.56. The monoisotopic (exact) mass is 244 g/mol. The lowest BCUT2D eigenvalue weighted by atomic mass is 10.4. The summed E-state index contributed by atoms with van der Waals surface area (Å²) < 4.78 is 6.82. The second-order valence-electron chi connectivity index (χ2n) is 2.26. The molecule has 0 saturated carbocycles. The second-order valence-corrected chi connectivity index (χ2v) is 4.29. The van der Waals surface area contributed by atoms with Crippen molar-refractivity contribution >= 4 is 27.5 Å². The van der Waals surface area contributed by atoms with E-state index in [1.54, 1.807) is 12.5 Å². The van der Waals surface area contributed by atoms with Crippen LogP contribution >= 0.6 is 27.5 Å².